The van der Waals surface area contributed by atoms with E-state index < -0.39 is 15.0 Å². The van der Waals surface area contributed by atoms with Crippen molar-refractivity contribution < 1.29 is 8.42 Å². The molecule has 0 amide bonds. The van der Waals surface area contributed by atoms with Crippen LogP contribution in [0, 0.1) is 27.7 Å². The van der Waals surface area contributed by atoms with E-state index >= 15 is 0 Å². The van der Waals surface area contributed by atoms with Crippen molar-refractivity contribution in [1.82, 2.24) is 0 Å². The number of halogens is 4. The molecule has 0 heterocycles. The fraction of sp³-hybridized carbons (Fsp3) is 0.400. The number of rotatable bonds is 6. The van der Waals surface area contributed by atoms with Crippen LogP contribution in [0.2, 0.25) is 0 Å². The molecule has 0 N–H and O–H groups in total. The van der Waals surface area contributed by atoms with Gasteiger partial charge in [0.1, 0.15) is 0 Å². The van der Waals surface area contributed by atoms with Gasteiger partial charge in [-0.3, -0.25) is 0 Å². The minimum atomic E-state index is -3.71. The predicted molar refractivity (Wildman–Crippen MR) is 129 cm³/mol. The number of benzene rings is 2. The summed E-state index contributed by atoms with van der Waals surface area (Å²) in [6.07, 6.45) is 0.588. The van der Waals surface area contributed by atoms with Gasteiger partial charge >= 0.3 is 0 Å². The van der Waals surface area contributed by atoms with E-state index in [2.05, 4.69) is 63.7 Å². The molecule has 0 unspecified atom stereocenters. The molecule has 0 atom stereocenters. The molecule has 0 aliphatic carbocycles. The molecule has 0 aliphatic rings. The van der Waals surface area contributed by atoms with Crippen molar-refractivity contribution in [2.45, 2.75) is 45.7 Å². The Kier molecular flexibility index (Phi) is 7.50. The zero-order valence-electron chi connectivity index (χ0n) is 15.6. The molecule has 2 rings (SSSR count). The zero-order valence-corrected chi connectivity index (χ0v) is 22.8. The summed E-state index contributed by atoms with van der Waals surface area (Å²) in [6.45, 7) is 8.13. The second-order valence-electron chi connectivity index (χ2n) is 6.97. The number of hydrogen-bond acceptors (Lipinski definition) is 2. The Balaban J connectivity index is 2.31. The number of aryl methyl sites for hydroxylation is 4. The molecule has 0 radical (unpaired) electrons. The van der Waals surface area contributed by atoms with E-state index in [9.17, 15) is 8.42 Å². The van der Waals surface area contributed by atoms with Crippen molar-refractivity contribution >= 4 is 73.6 Å². The third-order valence-corrected chi connectivity index (χ3v) is 12.8. The molecule has 0 aromatic heterocycles. The van der Waals surface area contributed by atoms with Crippen LogP contribution in [-0.4, -0.2) is 13.5 Å². The van der Waals surface area contributed by atoms with E-state index in [0.717, 1.165) is 22.3 Å². The molecule has 0 saturated carbocycles. The zero-order chi connectivity index (χ0) is 20.6. The smallest absolute Gasteiger partial charge is 0.202 e. The first kappa shape index (κ1) is 23.6. The van der Waals surface area contributed by atoms with Crippen molar-refractivity contribution in [3.63, 3.8) is 0 Å². The van der Waals surface area contributed by atoms with Crippen LogP contribution in [0.3, 0.4) is 0 Å². The van der Waals surface area contributed by atoms with Gasteiger partial charge < -0.3 is 0 Å². The number of hydrogen-bond donors (Lipinski definition) is 0. The highest BCUT2D eigenvalue weighted by Gasteiger charge is 2.51. The highest BCUT2D eigenvalue weighted by Crippen LogP contribution is 2.49. The molecule has 2 nitrogen and oxygen atoms in total. The van der Waals surface area contributed by atoms with Gasteiger partial charge in [0.05, 0.1) is 0 Å². The average Bonchev–Trinajstić information content (AvgIpc) is 2.53. The molecule has 2 aromatic carbocycles. The van der Waals surface area contributed by atoms with Crippen LogP contribution in [0.25, 0.3) is 0 Å². The monoisotopic (exact) mass is 642 g/mol. The lowest BCUT2D eigenvalue weighted by molar-refractivity contribution is 0.585. The largest absolute Gasteiger partial charge is 0.224 e. The molecule has 0 saturated heterocycles. The molecule has 0 bridgehead atoms. The van der Waals surface area contributed by atoms with E-state index in [4.69, 9.17) is 0 Å². The molecular weight excluding hydrogens is 624 g/mol. The van der Waals surface area contributed by atoms with Gasteiger partial charge in [-0.15, -0.1) is 0 Å². The third kappa shape index (κ3) is 5.27. The molecule has 27 heavy (non-hydrogen) atoms. The van der Waals surface area contributed by atoms with Crippen molar-refractivity contribution in [1.29, 1.82) is 0 Å². The molecular formula is C20H22Br4O2S. The lowest BCUT2D eigenvalue weighted by atomic mass is 10.1. The average molecular weight is 646 g/mol. The van der Waals surface area contributed by atoms with Gasteiger partial charge in [-0.25, -0.2) is 8.42 Å². The summed E-state index contributed by atoms with van der Waals surface area (Å²) in [4.78, 5) is 0. The van der Waals surface area contributed by atoms with E-state index in [1.165, 1.54) is 11.1 Å². The minimum Gasteiger partial charge on any atom is -0.224 e. The van der Waals surface area contributed by atoms with Gasteiger partial charge in [0.15, 0.2) is 5.13 Å². The van der Waals surface area contributed by atoms with Gasteiger partial charge in [-0.2, -0.15) is 0 Å². The Bertz CT molecular complexity index is 879. The maximum Gasteiger partial charge on any atom is 0.202 e. The third-order valence-electron chi connectivity index (χ3n) is 4.75. The van der Waals surface area contributed by atoms with Crippen LogP contribution >= 0.6 is 63.7 Å². The van der Waals surface area contributed by atoms with Crippen LogP contribution in [0.5, 0.6) is 0 Å². The van der Waals surface area contributed by atoms with E-state index in [1.807, 2.05) is 64.1 Å². The predicted octanol–water partition coefficient (Wildman–Crippen LogP) is 7.01. The van der Waals surface area contributed by atoms with Gasteiger partial charge in [-0.1, -0.05) is 100 Å². The summed E-state index contributed by atoms with van der Waals surface area (Å²) in [6, 6.07) is 12.0. The molecule has 0 fully saturated rings. The molecule has 148 valence electrons. The summed E-state index contributed by atoms with van der Waals surface area (Å²) >= 11 is 13.7. The second-order valence-corrected chi connectivity index (χ2v) is 19.0. The summed E-state index contributed by atoms with van der Waals surface area (Å²) in [5, 5.41) is 0. The molecule has 0 aliphatic heterocycles. The highest BCUT2D eigenvalue weighted by atomic mass is 79.9. The Morgan fingerprint density at radius 3 is 1.30 bits per heavy atom. The quantitative estimate of drug-likeness (QED) is 0.317. The van der Waals surface area contributed by atoms with E-state index in [-0.39, 0.29) is 0 Å². The van der Waals surface area contributed by atoms with Crippen LogP contribution < -0.4 is 0 Å². The SMILES string of the molecule is Cc1ccc(CC(Br)(Br)S(=O)(=O)C(Br)(Br)Cc2ccc(C)c(C)c2)cc1C. The van der Waals surface area contributed by atoms with Crippen molar-refractivity contribution in [3.8, 4) is 0 Å². The van der Waals surface area contributed by atoms with E-state index in [1.54, 1.807) is 0 Å². The summed E-state index contributed by atoms with van der Waals surface area (Å²) < 4.78 is 24.2. The van der Waals surface area contributed by atoms with Gasteiger partial charge in [0.2, 0.25) is 9.84 Å². The van der Waals surface area contributed by atoms with Crippen LogP contribution in [-0.2, 0) is 22.7 Å². The van der Waals surface area contributed by atoms with Crippen molar-refractivity contribution in [2.24, 2.45) is 0 Å². The lowest BCUT2D eigenvalue weighted by Crippen LogP contribution is -2.40. The van der Waals surface area contributed by atoms with Crippen LogP contribution in [0.4, 0.5) is 0 Å². The normalized spacial score (nSPS) is 13.0. The Hall–Kier alpha value is 0.310. The summed E-state index contributed by atoms with van der Waals surface area (Å²) in [7, 11) is -3.71. The van der Waals surface area contributed by atoms with Crippen LogP contribution in [0.1, 0.15) is 33.4 Å². The Morgan fingerprint density at radius 2 is 1.00 bits per heavy atom. The molecule has 7 heteroatoms. The van der Waals surface area contributed by atoms with Crippen molar-refractivity contribution in [3.05, 3.63) is 69.8 Å². The van der Waals surface area contributed by atoms with Gasteiger partial charge in [0.25, 0.3) is 0 Å². The van der Waals surface area contributed by atoms with Gasteiger partial charge in [-0.05, 0) is 61.1 Å². The summed E-state index contributed by atoms with van der Waals surface area (Å²) in [5.74, 6) is 0. The number of sulfone groups is 1. The maximum atomic E-state index is 13.4. The first-order valence-corrected chi connectivity index (χ1v) is 13.0. The minimum absolute atomic E-state index is 0.294. The van der Waals surface area contributed by atoms with Crippen LogP contribution in [0.15, 0.2) is 36.4 Å². The second kappa shape index (κ2) is 8.58. The maximum absolute atomic E-state index is 13.4. The van der Waals surface area contributed by atoms with Gasteiger partial charge in [0, 0.05) is 12.8 Å². The molecule has 0 spiro atoms. The first-order chi connectivity index (χ1) is 12.3. The fourth-order valence-electron chi connectivity index (χ4n) is 2.71. The Labute approximate surface area is 196 Å². The van der Waals surface area contributed by atoms with E-state index in [0.29, 0.717) is 12.8 Å². The first-order valence-electron chi connectivity index (χ1n) is 8.39. The summed E-state index contributed by atoms with van der Waals surface area (Å²) in [5.41, 5.74) is 6.53. The van der Waals surface area contributed by atoms with Crippen molar-refractivity contribution in [2.75, 3.05) is 0 Å². The Morgan fingerprint density at radius 1 is 0.667 bits per heavy atom. The standard InChI is InChI=1S/C20H22Br4O2S/c1-13-5-7-17(9-15(13)3)11-19(21,22)27(25,26)20(23,24)12-18-8-6-14(2)16(4)10-18/h5-10H,11-12H2,1-4H3. The highest BCUT2D eigenvalue weighted by molar-refractivity contribution is 9.31. The number of alkyl halides is 4. The lowest BCUT2D eigenvalue weighted by Gasteiger charge is -2.30. The topological polar surface area (TPSA) is 34.1 Å². The fourth-order valence-corrected chi connectivity index (χ4v) is 11.1. The molecule has 2 aromatic rings.